The van der Waals surface area contributed by atoms with Crippen LogP contribution in [0, 0.1) is 0 Å². The van der Waals surface area contributed by atoms with E-state index in [0.717, 1.165) is 31.7 Å². The third kappa shape index (κ3) is 8.38. The van der Waals surface area contributed by atoms with Crippen molar-refractivity contribution in [2.24, 2.45) is 0 Å². The monoisotopic (exact) mass is 239 g/mol. The Morgan fingerprint density at radius 2 is 1.59 bits per heavy atom. The fourth-order valence-electron chi connectivity index (χ4n) is 1.31. The number of piperazine rings is 1. The summed E-state index contributed by atoms with van der Waals surface area (Å²) in [7, 11) is 0. The molecule has 5 nitrogen and oxygen atoms in total. The van der Waals surface area contributed by atoms with Crippen LogP contribution >= 0.6 is 0 Å². The molecule has 0 atom stereocenters. The van der Waals surface area contributed by atoms with E-state index in [1.54, 1.807) is 0 Å². The molecular weight excluding hydrogens is 218 g/mol. The van der Waals surface area contributed by atoms with Crippen molar-refractivity contribution in [1.29, 1.82) is 0 Å². The first kappa shape index (κ1) is 15.6. The van der Waals surface area contributed by atoms with Gasteiger partial charge in [-0.25, -0.2) is 0 Å². The number of hydrogen-bond acceptors (Lipinski definition) is 5. The maximum Gasteiger partial charge on any atom is 0.293 e. The molecule has 0 radical (unpaired) electrons. The van der Waals surface area contributed by atoms with Gasteiger partial charge in [0.2, 0.25) is 0 Å². The second-order valence-corrected chi connectivity index (χ2v) is 3.39. The van der Waals surface area contributed by atoms with E-state index in [0.29, 0.717) is 13.1 Å². The van der Waals surface area contributed by atoms with Crippen LogP contribution in [0.2, 0.25) is 0 Å². The van der Waals surface area contributed by atoms with Crippen LogP contribution < -0.4 is 16.8 Å². The summed E-state index contributed by atoms with van der Waals surface area (Å²) in [5.74, 6) is 0. The number of nitrogens with one attached hydrogen (secondary N) is 2. The largest absolute Gasteiger partial charge is 0.463 e. The number of carbonyl (C=O) groups excluding carboxylic acids is 1. The highest BCUT2D eigenvalue weighted by atomic mass is 16.5. The first-order chi connectivity index (χ1) is 7.93. The zero-order valence-electron chi connectivity index (χ0n) is 10.0. The molecule has 96 valence electrons. The van der Waals surface area contributed by atoms with Crippen molar-refractivity contribution in [2.75, 3.05) is 26.2 Å². The molecule has 1 aliphatic rings. The molecule has 0 bridgehead atoms. The van der Waals surface area contributed by atoms with Gasteiger partial charge in [0.1, 0.15) is 6.61 Å². The van der Waals surface area contributed by atoms with Gasteiger partial charge in [-0.2, -0.15) is 0 Å². The number of hydrogen-bond donors (Lipinski definition) is 3. The fraction of sp³-hybridized carbons (Fsp3) is 0.417. The third-order valence-corrected chi connectivity index (χ3v) is 2.12. The first-order valence-electron chi connectivity index (χ1n) is 5.44. The van der Waals surface area contributed by atoms with Crippen LogP contribution in [0.1, 0.15) is 5.56 Å². The lowest BCUT2D eigenvalue weighted by molar-refractivity contribution is -0.129. The van der Waals surface area contributed by atoms with Gasteiger partial charge in [-0.1, -0.05) is 30.3 Å². The molecule has 5 heteroatoms. The molecule has 17 heavy (non-hydrogen) atoms. The quantitative estimate of drug-likeness (QED) is 0.676. The Morgan fingerprint density at radius 3 is 2.00 bits per heavy atom. The van der Waals surface area contributed by atoms with Gasteiger partial charge in [0.05, 0.1) is 0 Å². The zero-order valence-corrected chi connectivity index (χ0v) is 10.0. The summed E-state index contributed by atoms with van der Waals surface area (Å²) in [6.07, 6.45) is 0. The van der Waals surface area contributed by atoms with Crippen LogP contribution in [0.3, 0.4) is 0 Å². The third-order valence-electron chi connectivity index (χ3n) is 2.12. The van der Waals surface area contributed by atoms with E-state index >= 15 is 0 Å². The van der Waals surface area contributed by atoms with Crippen molar-refractivity contribution >= 4 is 6.47 Å². The minimum atomic E-state index is 0. The summed E-state index contributed by atoms with van der Waals surface area (Å²) < 4.78 is 4.54. The van der Waals surface area contributed by atoms with Crippen LogP contribution in [-0.4, -0.2) is 32.7 Å². The molecule has 2 rings (SSSR count). The van der Waals surface area contributed by atoms with Crippen LogP contribution in [0.5, 0.6) is 0 Å². The van der Waals surface area contributed by atoms with Crippen LogP contribution in [0.25, 0.3) is 0 Å². The summed E-state index contributed by atoms with van der Waals surface area (Å²) >= 11 is 0. The van der Waals surface area contributed by atoms with Crippen molar-refractivity contribution in [3.8, 4) is 0 Å². The molecular formula is C12H21N3O2. The van der Waals surface area contributed by atoms with Gasteiger partial charge in [0.15, 0.2) is 0 Å². The van der Waals surface area contributed by atoms with E-state index in [1.165, 1.54) is 0 Å². The van der Waals surface area contributed by atoms with E-state index in [-0.39, 0.29) is 6.15 Å². The molecule has 1 aromatic carbocycles. The predicted octanol–water partition coefficient (Wildman–Crippen LogP) is 0.701. The average Bonchev–Trinajstić information content (AvgIpc) is 2.40. The summed E-state index contributed by atoms with van der Waals surface area (Å²) in [5.41, 5.74) is 1.01. The van der Waals surface area contributed by atoms with Gasteiger partial charge < -0.3 is 21.5 Å². The van der Waals surface area contributed by atoms with E-state index < -0.39 is 0 Å². The van der Waals surface area contributed by atoms with Crippen molar-refractivity contribution in [2.45, 2.75) is 6.61 Å². The molecule has 0 spiro atoms. The van der Waals surface area contributed by atoms with Crippen molar-refractivity contribution in [3.63, 3.8) is 0 Å². The molecule has 1 heterocycles. The minimum Gasteiger partial charge on any atom is -0.463 e. The number of carbonyl (C=O) groups is 1. The first-order valence-corrected chi connectivity index (χ1v) is 5.44. The minimum absolute atomic E-state index is 0. The molecule has 5 N–H and O–H groups in total. The van der Waals surface area contributed by atoms with Crippen LogP contribution in [0.4, 0.5) is 0 Å². The van der Waals surface area contributed by atoms with Gasteiger partial charge in [0, 0.05) is 26.2 Å². The van der Waals surface area contributed by atoms with E-state index in [1.807, 2.05) is 30.3 Å². The highest BCUT2D eigenvalue weighted by molar-refractivity contribution is 5.37. The number of ether oxygens (including phenoxy) is 1. The predicted molar refractivity (Wildman–Crippen MR) is 68.1 cm³/mol. The second-order valence-electron chi connectivity index (χ2n) is 3.39. The van der Waals surface area contributed by atoms with Crippen molar-refractivity contribution < 1.29 is 9.53 Å². The fourth-order valence-corrected chi connectivity index (χ4v) is 1.31. The summed E-state index contributed by atoms with van der Waals surface area (Å²) in [6, 6.07) is 9.55. The standard InChI is InChI=1S/C8H8O2.C4H10N2.H3N/c9-7-10-6-8-4-2-1-3-5-8;1-2-6-4-3-5-1;/h1-5,7H,6H2;5-6H,1-4H2;1H3. The van der Waals surface area contributed by atoms with Gasteiger partial charge in [-0.15, -0.1) is 0 Å². The second kappa shape index (κ2) is 11.1. The Labute approximate surface area is 102 Å². The summed E-state index contributed by atoms with van der Waals surface area (Å²) in [6.45, 7) is 5.37. The van der Waals surface area contributed by atoms with Gasteiger partial charge >= 0.3 is 0 Å². The number of benzene rings is 1. The van der Waals surface area contributed by atoms with E-state index in [4.69, 9.17) is 0 Å². The molecule has 0 amide bonds. The lowest BCUT2D eigenvalue weighted by Crippen LogP contribution is -2.39. The SMILES string of the molecule is C1CNCCN1.N.O=COCc1ccccc1. The maximum absolute atomic E-state index is 9.76. The Balaban J connectivity index is 0.000000316. The van der Waals surface area contributed by atoms with Crippen molar-refractivity contribution in [1.82, 2.24) is 16.8 Å². The molecule has 0 aromatic heterocycles. The average molecular weight is 239 g/mol. The van der Waals surface area contributed by atoms with Crippen molar-refractivity contribution in [3.05, 3.63) is 35.9 Å². The highest BCUT2D eigenvalue weighted by Crippen LogP contribution is 1.98. The lowest BCUT2D eigenvalue weighted by Gasteiger charge is -2.11. The summed E-state index contributed by atoms with van der Waals surface area (Å²) in [5, 5.41) is 6.44. The Hall–Kier alpha value is -1.43. The lowest BCUT2D eigenvalue weighted by atomic mass is 10.2. The molecule has 0 unspecified atom stereocenters. The maximum atomic E-state index is 9.76. The smallest absolute Gasteiger partial charge is 0.293 e. The normalized spacial score (nSPS) is 13.6. The van der Waals surface area contributed by atoms with Gasteiger partial charge in [-0.3, -0.25) is 4.79 Å². The topological polar surface area (TPSA) is 85.4 Å². The molecule has 0 saturated carbocycles. The summed E-state index contributed by atoms with van der Waals surface area (Å²) in [4.78, 5) is 9.76. The Kier molecular flexibility index (Phi) is 10.1. The van der Waals surface area contributed by atoms with Crippen LogP contribution in [0.15, 0.2) is 30.3 Å². The molecule has 0 aliphatic carbocycles. The zero-order chi connectivity index (χ0) is 11.5. The highest BCUT2D eigenvalue weighted by Gasteiger charge is 1.91. The van der Waals surface area contributed by atoms with Gasteiger partial charge in [-0.05, 0) is 5.56 Å². The Bertz CT molecular complexity index is 265. The van der Waals surface area contributed by atoms with E-state index in [2.05, 4.69) is 15.4 Å². The number of rotatable bonds is 3. The molecule has 1 aromatic rings. The van der Waals surface area contributed by atoms with E-state index in [9.17, 15) is 4.79 Å². The van der Waals surface area contributed by atoms with Crippen LogP contribution in [-0.2, 0) is 16.1 Å². The molecule has 1 fully saturated rings. The molecule has 1 aliphatic heterocycles. The Morgan fingerprint density at radius 1 is 1.06 bits per heavy atom. The molecule has 1 saturated heterocycles. The van der Waals surface area contributed by atoms with Gasteiger partial charge in [0.25, 0.3) is 6.47 Å².